The van der Waals surface area contributed by atoms with Gasteiger partial charge in [0, 0.05) is 12.8 Å². The van der Waals surface area contributed by atoms with Crippen molar-refractivity contribution < 1.29 is 14.3 Å². The van der Waals surface area contributed by atoms with Gasteiger partial charge in [-0.1, -0.05) is 12.2 Å². The molecule has 17 heavy (non-hydrogen) atoms. The van der Waals surface area contributed by atoms with Crippen LogP contribution in [0.15, 0.2) is 24.3 Å². The van der Waals surface area contributed by atoms with E-state index in [1.165, 1.54) is 7.11 Å². The number of nitrogens with two attached hydrogens (primary N) is 1. The lowest BCUT2D eigenvalue weighted by atomic mass is 10.3. The number of anilines is 1. The molecule has 6 heteroatoms. The van der Waals surface area contributed by atoms with Gasteiger partial charge >= 0.3 is 0 Å². The van der Waals surface area contributed by atoms with Gasteiger partial charge in [0.25, 0.3) is 0 Å². The molecule has 3 N–H and O–H groups in total. The number of rotatable bonds is 6. The van der Waals surface area contributed by atoms with Crippen LogP contribution in [0.1, 0.15) is 0 Å². The van der Waals surface area contributed by atoms with Crippen LogP contribution in [0.2, 0.25) is 0 Å². The van der Waals surface area contributed by atoms with Crippen molar-refractivity contribution in [1.29, 1.82) is 0 Å². The molecule has 1 aromatic carbocycles. The van der Waals surface area contributed by atoms with Crippen LogP contribution in [0.5, 0.6) is 5.75 Å². The zero-order valence-corrected chi connectivity index (χ0v) is 10.3. The summed E-state index contributed by atoms with van der Waals surface area (Å²) in [7, 11) is 1.46. The summed E-state index contributed by atoms with van der Waals surface area (Å²) in [4.78, 5) is 11.5. The van der Waals surface area contributed by atoms with Gasteiger partial charge in [-0.05, 0) is 24.3 Å². The van der Waals surface area contributed by atoms with E-state index >= 15 is 0 Å². The van der Waals surface area contributed by atoms with Crippen molar-refractivity contribution >= 4 is 28.8 Å². The standard InChI is InChI=1S/C11H14N2O3S/c1-15-7-11(14)13-8-2-4-9(5-3-8)16-6-10(12)17/h2-5H,6-7H2,1H3,(H2,12,17)(H,13,14). The molecule has 0 atom stereocenters. The molecule has 0 aliphatic rings. The van der Waals surface area contributed by atoms with Crippen molar-refractivity contribution in [2.75, 3.05) is 25.6 Å². The first-order valence-electron chi connectivity index (χ1n) is 4.92. The van der Waals surface area contributed by atoms with Crippen LogP contribution in [-0.2, 0) is 9.53 Å². The molecule has 0 bridgehead atoms. The van der Waals surface area contributed by atoms with Crippen LogP contribution in [0.4, 0.5) is 5.69 Å². The second-order valence-corrected chi connectivity index (χ2v) is 3.78. The van der Waals surface area contributed by atoms with Crippen molar-refractivity contribution in [3.05, 3.63) is 24.3 Å². The zero-order chi connectivity index (χ0) is 12.7. The molecule has 92 valence electrons. The van der Waals surface area contributed by atoms with E-state index < -0.39 is 0 Å². The van der Waals surface area contributed by atoms with Gasteiger partial charge in [0.2, 0.25) is 5.91 Å². The molecule has 0 spiro atoms. The predicted octanol–water partition coefficient (Wildman–Crippen LogP) is 0.936. The fourth-order valence-corrected chi connectivity index (χ4v) is 1.18. The normalized spacial score (nSPS) is 9.71. The van der Waals surface area contributed by atoms with E-state index in [0.29, 0.717) is 16.4 Å². The minimum absolute atomic E-state index is 0.0275. The average Bonchev–Trinajstić information content (AvgIpc) is 2.28. The largest absolute Gasteiger partial charge is 0.487 e. The Bertz CT molecular complexity index is 392. The summed E-state index contributed by atoms with van der Waals surface area (Å²) in [5, 5.41) is 2.66. The van der Waals surface area contributed by atoms with Crippen molar-refractivity contribution in [3.8, 4) is 5.75 Å². The number of nitrogens with one attached hydrogen (secondary N) is 1. The van der Waals surface area contributed by atoms with Crippen LogP contribution in [0.25, 0.3) is 0 Å². The molecular formula is C11H14N2O3S. The Morgan fingerprint density at radius 3 is 2.53 bits per heavy atom. The predicted molar refractivity (Wildman–Crippen MR) is 69.2 cm³/mol. The highest BCUT2D eigenvalue weighted by atomic mass is 32.1. The number of ether oxygens (including phenoxy) is 2. The van der Waals surface area contributed by atoms with Gasteiger partial charge in [-0.15, -0.1) is 0 Å². The molecular weight excluding hydrogens is 240 g/mol. The first-order chi connectivity index (χ1) is 8.11. The molecule has 0 aliphatic carbocycles. The number of carbonyl (C=O) groups excluding carboxylic acids is 1. The van der Waals surface area contributed by atoms with E-state index in [9.17, 15) is 4.79 Å². The number of benzene rings is 1. The monoisotopic (exact) mass is 254 g/mol. The Kier molecular flexibility index (Phi) is 5.38. The summed E-state index contributed by atoms with van der Waals surface area (Å²) in [5.41, 5.74) is 5.98. The Morgan fingerprint density at radius 2 is 2.00 bits per heavy atom. The number of thiocarbonyl (C=S) groups is 1. The Balaban J connectivity index is 2.49. The van der Waals surface area contributed by atoms with Crippen LogP contribution < -0.4 is 15.8 Å². The van der Waals surface area contributed by atoms with Gasteiger partial charge in [0.1, 0.15) is 24.0 Å². The maximum atomic E-state index is 11.2. The second-order valence-electron chi connectivity index (χ2n) is 3.26. The topological polar surface area (TPSA) is 73.6 Å². The lowest BCUT2D eigenvalue weighted by Crippen LogP contribution is -2.18. The minimum atomic E-state index is -0.204. The summed E-state index contributed by atoms with van der Waals surface area (Å²) in [6, 6.07) is 6.90. The third-order valence-electron chi connectivity index (χ3n) is 1.79. The smallest absolute Gasteiger partial charge is 0.250 e. The van der Waals surface area contributed by atoms with E-state index in [1.807, 2.05) is 0 Å². The van der Waals surface area contributed by atoms with Gasteiger partial charge in [-0.2, -0.15) is 0 Å². The summed E-state index contributed by atoms with van der Waals surface area (Å²) in [6.07, 6.45) is 0. The summed E-state index contributed by atoms with van der Waals surface area (Å²) >= 11 is 4.69. The Labute approximate surface area is 105 Å². The molecule has 0 saturated heterocycles. The van der Waals surface area contributed by atoms with Gasteiger partial charge < -0.3 is 20.5 Å². The average molecular weight is 254 g/mol. The van der Waals surface area contributed by atoms with Crippen molar-refractivity contribution in [2.45, 2.75) is 0 Å². The molecule has 0 heterocycles. The van der Waals surface area contributed by atoms with Crippen LogP contribution >= 0.6 is 12.2 Å². The lowest BCUT2D eigenvalue weighted by molar-refractivity contribution is -0.119. The molecule has 0 saturated carbocycles. The molecule has 1 amide bonds. The number of carbonyl (C=O) groups is 1. The molecule has 5 nitrogen and oxygen atoms in total. The second kappa shape index (κ2) is 6.82. The third kappa shape index (κ3) is 5.28. The number of amides is 1. The van der Waals surface area contributed by atoms with Gasteiger partial charge in [-0.25, -0.2) is 0 Å². The Morgan fingerprint density at radius 1 is 1.35 bits per heavy atom. The quantitative estimate of drug-likeness (QED) is 0.739. The molecule has 1 rings (SSSR count). The maximum absolute atomic E-state index is 11.2. The zero-order valence-electron chi connectivity index (χ0n) is 9.43. The van der Waals surface area contributed by atoms with Gasteiger partial charge in [0.05, 0.1) is 0 Å². The fraction of sp³-hybridized carbons (Fsp3) is 0.273. The number of hydrogen-bond acceptors (Lipinski definition) is 4. The fourth-order valence-electron chi connectivity index (χ4n) is 1.12. The maximum Gasteiger partial charge on any atom is 0.250 e. The molecule has 0 fully saturated rings. The van der Waals surface area contributed by atoms with E-state index in [4.69, 9.17) is 15.2 Å². The molecule has 0 aromatic heterocycles. The molecule has 0 unspecified atom stereocenters. The van der Waals surface area contributed by atoms with E-state index in [0.717, 1.165) is 0 Å². The van der Waals surface area contributed by atoms with Crippen molar-refractivity contribution in [1.82, 2.24) is 0 Å². The summed E-state index contributed by atoms with van der Waals surface area (Å²) in [5.74, 6) is 0.437. The summed E-state index contributed by atoms with van der Waals surface area (Å²) in [6.45, 7) is 0.227. The van der Waals surface area contributed by atoms with Crippen LogP contribution in [0.3, 0.4) is 0 Å². The highest BCUT2D eigenvalue weighted by Crippen LogP contribution is 2.15. The minimum Gasteiger partial charge on any atom is -0.487 e. The van der Waals surface area contributed by atoms with Crippen molar-refractivity contribution in [3.63, 3.8) is 0 Å². The highest BCUT2D eigenvalue weighted by Gasteiger charge is 2.01. The summed E-state index contributed by atoms with van der Waals surface area (Å²) < 4.78 is 9.97. The van der Waals surface area contributed by atoms with Gasteiger partial charge in [0.15, 0.2) is 0 Å². The van der Waals surface area contributed by atoms with Crippen LogP contribution in [0, 0.1) is 0 Å². The SMILES string of the molecule is COCC(=O)Nc1ccc(OCC(N)=S)cc1. The van der Waals surface area contributed by atoms with E-state index in [1.54, 1.807) is 24.3 Å². The van der Waals surface area contributed by atoms with Crippen LogP contribution in [-0.4, -0.2) is 31.2 Å². The number of methoxy groups -OCH3 is 1. The lowest BCUT2D eigenvalue weighted by Gasteiger charge is -2.07. The Hall–Kier alpha value is -1.66. The van der Waals surface area contributed by atoms with Gasteiger partial charge in [-0.3, -0.25) is 4.79 Å². The first kappa shape index (κ1) is 13.4. The van der Waals surface area contributed by atoms with E-state index in [-0.39, 0.29) is 19.1 Å². The number of hydrogen-bond donors (Lipinski definition) is 2. The molecule has 1 aromatic rings. The third-order valence-corrected chi connectivity index (χ3v) is 1.91. The molecule has 0 radical (unpaired) electrons. The first-order valence-corrected chi connectivity index (χ1v) is 5.32. The highest BCUT2D eigenvalue weighted by molar-refractivity contribution is 7.80. The van der Waals surface area contributed by atoms with E-state index in [2.05, 4.69) is 17.5 Å². The van der Waals surface area contributed by atoms with Crippen molar-refractivity contribution in [2.24, 2.45) is 5.73 Å². The molecule has 0 aliphatic heterocycles.